The molecule has 0 saturated carbocycles. The molecule has 298 valence electrons. The van der Waals surface area contributed by atoms with Crippen molar-refractivity contribution in [3.05, 3.63) is 247 Å². The van der Waals surface area contributed by atoms with Crippen LogP contribution in [0.2, 0.25) is 0 Å². The summed E-state index contributed by atoms with van der Waals surface area (Å²) in [6.07, 6.45) is 0. The largest absolute Gasteiger partial charge is 0.456 e. The van der Waals surface area contributed by atoms with Gasteiger partial charge in [-0.05, 0) is 116 Å². The Hall–Kier alpha value is -7.98. The molecule has 10 aromatic carbocycles. The fraction of sp³-hybridized carbons (Fsp3) is 0.0164. The molecular weight excluding hydrogens is 795 g/mol. The smallest absolute Gasteiger partial charge is 0.137 e. The molecule has 0 amide bonds. The molecule has 1 spiro atoms. The molecule has 0 N–H and O–H groups in total. The van der Waals surface area contributed by atoms with Crippen molar-refractivity contribution in [3.8, 4) is 44.5 Å². The summed E-state index contributed by atoms with van der Waals surface area (Å²) >= 11 is 1.90. The molecule has 1 unspecified atom stereocenters. The van der Waals surface area contributed by atoms with E-state index in [0.717, 1.165) is 50.1 Å². The van der Waals surface area contributed by atoms with Gasteiger partial charge in [-0.1, -0.05) is 164 Å². The minimum Gasteiger partial charge on any atom is -0.456 e. The number of anilines is 3. The minimum absolute atomic E-state index is 0.648. The quantitative estimate of drug-likeness (QED) is 0.176. The van der Waals surface area contributed by atoms with Crippen LogP contribution in [0.4, 0.5) is 17.1 Å². The molecule has 2 aromatic heterocycles. The number of furan rings is 1. The summed E-state index contributed by atoms with van der Waals surface area (Å²) in [6, 6.07) is 83.1. The van der Waals surface area contributed by atoms with Crippen molar-refractivity contribution in [2.75, 3.05) is 4.90 Å². The third kappa shape index (κ3) is 4.90. The molecule has 12 aromatic rings. The molecule has 0 aliphatic heterocycles. The lowest BCUT2D eigenvalue weighted by molar-refractivity contribution is 0.669. The molecule has 0 fully saturated rings. The number of hydrogen-bond acceptors (Lipinski definition) is 3. The second kappa shape index (κ2) is 13.5. The van der Waals surface area contributed by atoms with Crippen LogP contribution in [0.3, 0.4) is 0 Å². The number of hydrogen-bond donors (Lipinski definition) is 0. The van der Waals surface area contributed by atoms with Crippen LogP contribution in [0, 0.1) is 0 Å². The molecule has 14 rings (SSSR count). The Bertz CT molecular complexity index is 3870. The standard InChI is InChI=1S/C61H37NOS/c1-2-16-38(17-3-1)41-18-8-13-27-56(41)62(40-31-33-48-47-23-9-14-28-57(47)63-58(48)35-40)39-30-32-46-43-20-5-4-19-42(43)44-21-6-11-25-52(44)61(54(46)34-39)53-26-12-7-22-45(53)50-36-51-49-24-10-15-29-59(49)64-60(51)37-55(50)61/h1-37H. The van der Waals surface area contributed by atoms with Crippen molar-refractivity contribution < 1.29 is 4.42 Å². The number of thiophene rings is 1. The molecule has 64 heavy (non-hydrogen) atoms. The predicted molar refractivity (Wildman–Crippen MR) is 268 cm³/mol. The Morgan fingerprint density at radius 2 is 0.891 bits per heavy atom. The van der Waals surface area contributed by atoms with E-state index in [1.165, 1.54) is 75.8 Å². The third-order valence-electron chi connectivity index (χ3n) is 13.9. The van der Waals surface area contributed by atoms with Gasteiger partial charge in [-0.2, -0.15) is 0 Å². The highest BCUT2D eigenvalue weighted by molar-refractivity contribution is 7.25. The third-order valence-corrected chi connectivity index (χ3v) is 15.0. The van der Waals surface area contributed by atoms with Crippen molar-refractivity contribution in [1.82, 2.24) is 0 Å². The Kier molecular flexibility index (Phi) is 7.51. The van der Waals surface area contributed by atoms with E-state index in [4.69, 9.17) is 4.42 Å². The average Bonchev–Trinajstić information content (AvgIpc) is 3.99. The Morgan fingerprint density at radius 3 is 1.69 bits per heavy atom. The molecule has 1 atom stereocenters. The van der Waals surface area contributed by atoms with Crippen LogP contribution < -0.4 is 4.90 Å². The van der Waals surface area contributed by atoms with Crippen LogP contribution in [0.15, 0.2) is 229 Å². The van der Waals surface area contributed by atoms with Crippen molar-refractivity contribution in [2.24, 2.45) is 0 Å². The van der Waals surface area contributed by atoms with Crippen LogP contribution in [-0.2, 0) is 5.41 Å². The van der Waals surface area contributed by atoms with Gasteiger partial charge in [-0.15, -0.1) is 11.3 Å². The Labute approximate surface area is 374 Å². The van der Waals surface area contributed by atoms with E-state index in [-0.39, 0.29) is 0 Å². The minimum atomic E-state index is -0.648. The first-order valence-electron chi connectivity index (χ1n) is 22.0. The number of benzene rings is 10. The second-order valence-electron chi connectivity index (χ2n) is 17.1. The van der Waals surface area contributed by atoms with E-state index >= 15 is 0 Å². The number of rotatable bonds is 4. The fourth-order valence-corrected chi connectivity index (χ4v) is 12.4. The van der Waals surface area contributed by atoms with Crippen LogP contribution in [0.5, 0.6) is 0 Å². The molecule has 2 aliphatic rings. The molecule has 0 saturated heterocycles. The zero-order valence-electron chi connectivity index (χ0n) is 34.6. The first kappa shape index (κ1) is 35.6. The van der Waals surface area contributed by atoms with Gasteiger partial charge in [-0.3, -0.25) is 0 Å². The van der Waals surface area contributed by atoms with Gasteiger partial charge in [0.15, 0.2) is 0 Å². The summed E-state index contributed by atoms with van der Waals surface area (Å²) in [5.41, 5.74) is 19.4. The normalized spacial score (nSPS) is 14.6. The van der Waals surface area contributed by atoms with Gasteiger partial charge in [0.05, 0.1) is 11.1 Å². The van der Waals surface area contributed by atoms with Crippen molar-refractivity contribution in [3.63, 3.8) is 0 Å². The van der Waals surface area contributed by atoms with E-state index in [9.17, 15) is 0 Å². The summed E-state index contributed by atoms with van der Waals surface area (Å²) < 4.78 is 9.22. The van der Waals surface area contributed by atoms with E-state index in [2.05, 4.69) is 223 Å². The maximum atomic E-state index is 6.60. The topological polar surface area (TPSA) is 16.4 Å². The number of nitrogens with zero attached hydrogens (tertiary/aromatic N) is 1. The van der Waals surface area contributed by atoms with Gasteiger partial charge in [0.1, 0.15) is 11.2 Å². The van der Waals surface area contributed by atoms with Crippen LogP contribution in [0.25, 0.3) is 86.6 Å². The summed E-state index contributed by atoms with van der Waals surface area (Å²) in [5.74, 6) is 0. The summed E-state index contributed by atoms with van der Waals surface area (Å²) in [4.78, 5) is 2.45. The van der Waals surface area contributed by atoms with E-state index < -0.39 is 5.41 Å². The van der Waals surface area contributed by atoms with Gasteiger partial charge in [0.2, 0.25) is 0 Å². The van der Waals surface area contributed by atoms with Crippen LogP contribution in [0.1, 0.15) is 22.3 Å². The lowest BCUT2D eigenvalue weighted by Gasteiger charge is -2.36. The number of fused-ring (bicyclic) bond motifs is 18. The highest BCUT2D eigenvalue weighted by Crippen LogP contribution is 2.63. The molecule has 2 aliphatic carbocycles. The number of para-hydroxylation sites is 2. The maximum Gasteiger partial charge on any atom is 0.137 e. The maximum absolute atomic E-state index is 6.60. The van der Waals surface area contributed by atoms with Gasteiger partial charge in [-0.25, -0.2) is 0 Å². The Morgan fingerprint density at radius 1 is 0.328 bits per heavy atom. The molecule has 2 heterocycles. The van der Waals surface area contributed by atoms with Gasteiger partial charge < -0.3 is 9.32 Å². The summed E-state index contributed by atoms with van der Waals surface area (Å²) in [7, 11) is 0. The highest BCUT2D eigenvalue weighted by Gasteiger charge is 2.50. The summed E-state index contributed by atoms with van der Waals surface area (Å²) in [5, 5.41) is 4.86. The van der Waals surface area contributed by atoms with Crippen LogP contribution >= 0.6 is 11.3 Å². The Balaban J connectivity index is 1.12. The average molecular weight is 832 g/mol. The molecule has 0 bridgehead atoms. The second-order valence-corrected chi connectivity index (χ2v) is 18.2. The first-order valence-corrected chi connectivity index (χ1v) is 22.8. The predicted octanol–water partition coefficient (Wildman–Crippen LogP) is 17.1. The van der Waals surface area contributed by atoms with Crippen molar-refractivity contribution in [1.29, 1.82) is 0 Å². The van der Waals surface area contributed by atoms with Gasteiger partial charge in [0.25, 0.3) is 0 Å². The van der Waals surface area contributed by atoms with E-state index in [1.54, 1.807) is 0 Å². The lowest BCUT2D eigenvalue weighted by Crippen LogP contribution is -2.29. The first-order chi connectivity index (χ1) is 31.7. The molecule has 2 nitrogen and oxygen atoms in total. The van der Waals surface area contributed by atoms with Gasteiger partial charge >= 0.3 is 0 Å². The van der Waals surface area contributed by atoms with Gasteiger partial charge in [0, 0.05) is 53.9 Å². The van der Waals surface area contributed by atoms with E-state index in [0.29, 0.717) is 0 Å². The molecular formula is C61H37NOS. The fourth-order valence-electron chi connectivity index (χ4n) is 11.2. The van der Waals surface area contributed by atoms with E-state index in [1.807, 2.05) is 17.4 Å². The van der Waals surface area contributed by atoms with Crippen molar-refractivity contribution in [2.45, 2.75) is 5.41 Å². The SMILES string of the molecule is c1ccc(-c2ccccc2N(c2ccc3c(c2)C2(c4ccccc4-c4ccccc4-3)c3ccccc3-c3cc4c(cc32)sc2ccccc24)c2ccc3c(c2)oc2ccccc23)cc1. The van der Waals surface area contributed by atoms with Crippen molar-refractivity contribution >= 4 is 70.5 Å². The summed E-state index contributed by atoms with van der Waals surface area (Å²) in [6.45, 7) is 0. The zero-order valence-corrected chi connectivity index (χ0v) is 35.4. The molecule has 0 radical (unpaired) electrons. The zero-order chi connectivity index (χ0) is 41.9. The lowest BCUT2D eigenvalue weighted by atomic mass is 9.65. The molecule has 3 heteroatoms. The van der Waals surface area contributed by atoms with Crippen LogP contribution in [-0.4, -0.2) is 0 Å². The monoisotopic (exact) mass is 831 g/mol. The highest BCUT2D eigenvalue weighted by atomic mass is 32.1.